The summed E-state index contributed by atoms with van der Waals surface area (Å²) in [6.07, 6.45) is 2.11. The first kappa shape index (κ1) is 8.69. The van der Waals surface area contributed by atoms with Gasteiger partial charge >= 0.3 is 0 Å². The number of hydrogen-bond acceptors (Lipinski definition) is 1. The summed E-state index contributed by atoms with van der Waals surface area (Å²) in [5.74, 6) is 0. The molecule has 1 unspecified atom stereocenters. The number of hydrogen-bond donors (Lipinski definition) is 1. The molecule has 0 saturated carbocycles. The van der Waals surface area contributed by atoms with Crippen molar-refractivity contribution in [3.05, 3.63) is 60.7 Å². The SMILES string of the molecule is [2H]OC(C=C)Cc1cccc2ccccc12. The van der Waals surface area contributed by atoms with E-state index in [1.54, 1.807) is 6.08 Å². The fraction of sp³-hybridized carbons (Fsp3) is 0.143. The van der Waals surface area contributed by atoms with Crippen LogP contribution < -0.4 is 0 Å². The monoisotopic (exact) mass is 199 g/mol. The molecule has 15 heavy (non-hydrogen) atoms. The van der Waals surface area contributed by atoms with Crippen molar-refractivity contribution in [2.45, 2.75) is 12.5 Å². The highest BCUT2D eigenvalue weighted by Gasteiger charge is 2.04. The lowest BCUT2D eigenvalue weighted by molar-refractivity contribution is 0.224. The molecule has 1 atom stereocenters. The highest BCUT2D eigenvalue weighted by Crippen LogP contribution is 2.19. The molecular weight excluding hydrogens is 184 g/mol. The highest BCUT2D eigenvalue weighted by atomic mass is 16.3. The van der Waals surface area contributed by atoms with E-state index in [1.807, 2.05) is 18.2 Å². The molecule has 0 saturated heterocycles. The van der Waals surface area contributed by atoms with Crippen molar-refractivity contribution in [2.75, 3.05) is 0 Å². The molecule has 0 radical (unpaired) electrons. The summed E-state index contributed by atoms with van der Waals surface area (Å²) in [6.45, 7) is 3.66. The molecule has 0 aromatic heterocycles. The van der Waals surface area contributed by atoms with Gasteiger partial charge in [0.2, 0.25) is 1.43 Å². The third-order valence-corrected chi connectivity index (χ3v) is 2.56. The van der Waals surface area contributed by atoms with Gasteiger partial charge in [0.05, 0.1) is 6.10 Å². The number of aliphatic hydroxyl groups excluding tert-OH is 1. The smallest absolute Gasteiger partial charge is 0.211 e. The van der Waals surface area contributed by atoms with Crippen LogP contribution in [0, 0.1) is 0 Å². The minimum Gasteiger partial charge on any atom is -0.389 e. The molecule has 0 bridgehead atoms. The van der Waals surface area contributed by atoms with Gasteiger partial charge in [0.25, 0.3) is 0 Å². The van der Waals surface area contributed by atoms with Crippen LogP contribution in [0.2, 0.25) is 0 Å². The first-order valence-electron chi connectivity index (χ1n) is 5.47. The summed E-state index contributed by atoms with van der Waals surface area (Å²) >= 11 is 0. The van der Waals surface area contributed by atoms with Gasteiger partial charge in [-0.05, 0) is 16.3 Å². The number of benzene rings is 2. The molecule has 1 heteroatoms. The largest absolute Gasteiger partial charge is 0.389 e. The topological polar surface area (TPSA) is 20.2 Å². The lowest BCUT2D eigenvalue weighted by Crippen LogP contribution is -2.06. The molecule has 0 amide bonds. The van der Waals surface area contributed by atoms with E-state index >= 15 is 0 Å². The molecular formula is C14H14O. The predicted molar refractivity (Wildman–Crippen MR) is 63.9 cm³/mol. The molecule has 0 aliphatic rings. The maximum Gasteiger partial charge on any atom is 0.211 e. The Morgan fingerprint density at radius 3 is 2.87 bits per heavy atom. The summed E-state index contributed by atoms with van der Waals surface area (Å²) in [5.41, 5.74) is 1.19. The summed E-state index contributed by atoms with van der Waals surface area (Å²) < 4.78 is 6.95. The Bertz CT molecular complexity index is 488. The van der Waals surface area contributed by atoms with E-state index in [2.05, 4.69) is 36.0 Å². The molecule has 2 aromatic carbocycles. The van der Waals surface area contributed by atoms with Crippen LogP contribution in [0.25, 0.3) is 10.8 Å². The van der Waals surface area contributed by atoms with Gasteiger partial charge in [-0.15, -0.1) is 6.58 Å². The molecule has 1 N–H and O–H groups in total. The van der Waals surface area contributed by atoms with Crippen LogP contribution in [0.3, 0.4) is 0 Å². The maximum atomic E-state index is 6.95. The quantitative estimate of drug-likeness (QED) is 0.751. The standard InChI is InChI=1S/C14H14O/c1-2-13(15)10-12-8-5-7-11-6-3-4-9-14(11)12/h2-9,13,15H,1,10H2/i15D. The number of rotatable bonds is 4. The van der Waals surface area contributed by atoms with Gasteiger partial charge in [0.1, 0.15) is 0 Å². The summed E-state index contributed by atoms with van der Waals surface area (Å²) in [5, 5.41) is 7.02. The first-order valence-corrected chi connectivity index (χ1v) is 5.06. The lowest BCUT2D eigenvalue weighted by atomic mass is 10.00. The zero-order chi connectivity index (χ0) is 11.4. The second-order valence-electron chi connectivity index (χ2n) is 3.62. The fourth-order valence-electron chi connectivity index (χ4n) is 1.77. The number of fused-ring (bicyclic) bond motifs is 1. The third kappa shape index (κ3) is 2.08. The van der Waals surface area contributed by atoms with Crippen molar-refractivity contribution in [2.24, 2.45) is 0 Å². The second kappa shape index (κ2) is 4.28. The van der Waals surface area contributed by atoms with Crippen molar-refractivity contribution in [3.63, 3.8) is 0 Å². The Balaban J connectivity index is 2.40. The van der Waals surface area contributed by atoms with Crippen molar-refractivity contribution >= 4 is 10.8 Å². The van der Waals surface area contributed by atoms with Crippen LogP contribution in [0.4, 0.5) is 0 Å². The Hall–Kier alpha value is -1.60. The Morgan fingerprint density at radius 1 is 1.27 bits per heavy atom. The molecule has 0 aliphatic carbocycles. The summed E-state index contributed by atoms with van der Waals surface area (Å²) in [4.78, 5) is 0. The fourth-order valence-corrected chi connectivity index (χ4v) is 1.77. The van der Waals surface area contributed by atoms with Gasteiger partial charge in [0.15, 0.2) is 0 Å². The van der Waals surface area contributed by atoms with Crippen LogP contribution in [-0.2, 0) is 6.42 Å². The molecule has 0 heterocycles. The van der Waals surface area contributed by atoms with Gasteiger partial charge in [-0.1, -0.05) is 48.5 Å². The van der Waals surface area contributed by atoms with Crippen LogP contribution in [0.1, 0.15) is 5.56 Å². The van der Waals surface area contributed by atoms with Crippen molar-refractivity contribution in [1.29, 1.82) is 1.43 Å². The minimum absolute atomic E-state index is 0.245. The van der Waals surface area contributed by atoms with Crippen LogP contribution in [-0.4, -0.2) is 12.6 Å². The van der Waals surface area contributed by atoms with Crippen molar-refractivity contribution in [1.82, 2.24) is 0 Å². The Morgan fingerprint density at radius 2 is 2.07 bits per heavy atom. The molecule has 0 fully saturated rings. The van der Waals surface area contributed by atoms with Gasteiger partial charge in [-0.2, -0.15) is 0 Å². The molecule has 2 aromatic rings. The molecule has 2 rings (SSSR count). The van der Waals surface area contributed by atoms with Gasteiger partial charge < -0.3 is 5.11 Å². The van der Waals surface area contributed by atoms with E-state index in [-0.39, 0.29) is 6.10 Å². The maximum absolute atomic E-state index is 6.95. The van der Waals surface area contributed by atoms with E-state index in [0.29, 0.717) is 6.42 Å². The van der Waals surface area contributed by atoms with E-state index in [4.69, 9.17) is 1.43 Å². The van der Waals surface area contributed by atoms with Gasteiger partial charge in [-0.3, -0.25) is 0 Å². The minimum atomic E-state index is -0.245. The van der Waals surface area contributed by atoms with Crippen LogP contribution >= 0.6 is 0 Å². The average Bonchev–Trinajstić information content (AvgIpc) is 2.36. The van der Waals surface area contributed by atoms with E-state index < -0.39 is 0 Å². The molecule has 0 spiro atoms. The highest BCUT2D eigenvalue weighted by molar-refractivity contribution is 5.85. The summed E-state index contributed by atoms with van der Waals surface area (Å²) in [6, 6.07) is 14.4. The molecule has 1 nitrogen and oxygen atoms in total. The van der Waals surface area contributed by atoms with E-state index in [0.717, 1.165) is 0 Å². The van der Waals surface area contributed by atoms with Gasteiger partial charge in [-0.25, -0.2) is 0 Å². The van der Waals surface area contributed by atoms with E-state index in [9.17, 15) is 0 Å². The number of aliphatic hydroxyl groups is 1. The zero-order valence-electron chi connectivity index (χ0n) is 9.52. The first-order chi connectivity index (χ1) is 7.85. The second-order valence-corrected chi connectivity index (χ2v) is 3.62. The Labute approximate surface area is 91.2 Å². The van der Waals surface area contributed by atoms with Crippen LogP contribution in [0.15, 0.2) is 55.1 Å². The van der Waals surface area contributed by atoms with Crippen LogP contribution in [0.5, 0.6) is 0 Å². The van der Waals surface area contributed by atoms with Crippen molar-refractivity contribution < 1.29 is 5.11 Å². The Kier molecular flexibility index (Phi) is 2.48. The lowest BCUT2D eigenvalue weighted by Gasteiger charge is -2.08. The normalized spacial score (nSPS) is 13.5. The molecule has 0 aliphatic heterocycles. The average molecular weight is 199 g/mol. The van der Waals surface area contributed by atoms with Crippen molar-refractivity contribution in [3.8, 4) is 0 Å². The van der Waals surface area contributed by atoms with Gasteiger partial charge in [0, 0.05) is 6.42 Å². The zero-order valence-corrected chi connectivity index (χ0v) is 8.52. The van der Waals surface area contributed by atoms with E-state index in [1.165, 1.54) is 16.3 Å². The predicted octanol–water partition coefficient (Wildman–Crippen LogP) is 2.93. The third-order valence-electron chi connectivity index (χ3n) is 2.56. The summed E-state index contributed by atoms with van der Waals surface area (Å²) in [7, 11) is 0. The molecule has 76 valence electrons.